The summed E-state index contributed by atoms with van der Waals surface area (Å²) >= 11 is 1.41. The molecule has 0 radical (unpaired) electrons. The Balaban J connectivity index is 1.82. The third-order valence-corrected chi connectivity index (χ3v) is 4.70. The smallest absolute Gasteiger partial charge is 0.208 e. The van der Waals surface area contributed by atoms with Crippen LogP contribution in [0.25, 0.3) is 16.9 Å². The van der Waals surface area contributed by atoms with Gasteiger partial charge in [0.2, 0.25) is 5.78 Å². The highest BCUT2D eigenvalue weighted by Crippen LogP contribution is 2.26. The highest BCUT2D eigenvalue weighted by atomic mass is 32.1. The molecule has 0 saturated heterocycles. The van der Waals surface area contributed by atoms with Crippen molar-refractivity contribution < 1.29 is 9.53 Å². The van der Waals surface area contributed by atoms with Crippen molar-refractivity contribution in [2.24, 2.45) is 0 Å². The Morgan fingerprint density at radius 1 is 1.24 bits per heavy atom. The predicted octanol–water partition coefficient (Wildman–Crippen LogP) is 4.09. The molecule has 0 aliphatic heterocycles. The maximum atomic E-state index is 12.7. The number of nitrogens with zero attached hydrogens (tertiary/aromatic N) is 3. The van der Waals surface area contributed by atoms with E-state index in [1.54, 1.807) is 16.9 Å². The van der Waals surface area contributed by atoms with Gasteiger partial charge in [-0.05, 0) is 36.6 Å². The van der Waals surface area contributed by atoms with Crippen molar-refractivity contribution in [2.75, 3.05) is 6.61 Å². The number of aromatic nitrogens is 3. The first kappa shape index (κ1) is 15.5. The van der Waals surface area contributed by atoms with Gasteiger partial charge in [0.1, 0.15) is 5.75 Å². The van der Waals surface area contributed by atoms with E-state index >= 15 is 0 Å². The largest absolute Gasteiger partial charge is 0.494 e. The van der Waals surface area contributed by atoms with Gasteiger partial charge in [0, 0.05) is 11.8 Å². The van der Waals surface area contributed by atoms with E-state index < -0.39 is 0 Å². The summed E-state index contributed by atoms with van der Waals surface area (Å²) < 4.78 is 7.27. The van der Waals surface area contributed by atoms with Gasteiger partial charge in [0.05, 0.1) is 28.9 Å². The molecular formula is C19H15N3O2S. The van der Waals surface area contributed by atoms with Crippen LogP contribution in [0.2, 0.25) is 0 Å². The molecule has 0 unspecified atom stereocenters. The number of benzene rings is 1. The number of carbonyl (C=O) groups excluding carboxylic acids is 1. The van der Waals surface area contributed by atoms with E-state index in [-0.39, 0.29) is 5.78 Å². The minimum Gasteiger partial charge on any atom is -0.494 e. The van der Waals surface area contributed by atoms with Crippen LogP contribution in [0, 0.1) is 0 Å². The lowest BCUT2D eigenvalue weighted by atomic mass is 10.1. The van der Waals surface area contributed by atoms with Crippen LogP contribution in [-0.4, -0.2) is 27.0 Å². The van der Waals surface area contributed by atoms with E-state index in [1.807, 2.05) is 54.8 Å². The van der Waals surface area contributed by atoms with E-state index in [0.717, 1.165) is 17.0 Å². The monoisotopic (exact) mass is 349 g/mol. The molecule has 1 aromatic carbocycles. The van der Waals surface area contributed by atoms with E-state index in [2.05, 4.69) is 10.1 Å². The minimum absolute atomic E-state index is 0.0577. The highest BCUT2D eigenvalue weighted by molar-refractivity contribution is 7.12. The van der Waals surface area contributed by atoms with Crippen molar-refractivity contribution in [3.63, 3.8) is 0 Å². The summed E-state index contributed by atoms with van der Waals surface area (Å²) in [6.45, 7) is 2.56. The number of carbonyl (C=O) groups is 1. The highest BCUT2D eigenvalue weighted by Gasteiger charge is 2.18. The standard InChI is InChI=1S/C19H15N3O2S/c1-2-24-14-6-3-5-13(11-14)16-8-9-20-19-15(12-21-22(16)19)18(23)17-7-4-10-25-17/h3-12H,2H2,1H3. The fourth-order valence-corrected chi connectivity index (χ4v) is 3.40. The summed E-state index contributed by atoms with van der Waals surface area (Å²) in [5, 5.41) is 6.28. The summed E-state index contributed by atoms with van der Waals surface area (Å²) in [7, 11) is 0. The maximum absolute atomic E-state index is 12.7. The number of ether oxygens (including phenoxy) is 1. The third kappa shape index (κ3) is 2.81. The minimum atomic E-state index is -0.0577. The summed E-state index contributed by atoms with van der Waals surface area (Å²) in [4.78, 5) is 17.7. The first-order valence-electron chi connectivity index (χ1n) is 7.92. The molecule has 0 N–H and O–H groups in total. The molecule has 0 aliphatic rings. The SMILES string of the molecule is CCOc1cccc(-c2ccnc3c(C(=O)c4cccs4)cnn23)c1. The molecular weight excluding hydrogens is 334 g/mol. The predicted molar refractivity (Wildman–Crippen MR) is 97.3 cm³/mol. The topological polar surface area (TPSA) is 56.5 Å². The second kappa shape index (κ2) is 6.49. The van der Waals surface area contributed by atoms with Gasteiger partial charge in [0.15, 0.2) is 5.65 Å². The number of ketones is 1. The Labute approximate surface area is 148 Å². The van der Waals surface area contributed by atoms with Gasteiger partial charge in [-0.3, -0.25) is 4.79 Å². The van der Waals surface area contributed by atoms with Gasteiger partial charge in [-0.15, -0.1) is 11.3 Å². The Morgan fingerprint density at radius 3 is 2.96 bits per heavy atom. The molecule has 0 spiro atoms. The molecule has 0 amide bonds. The summed E-state index contributed by atoms with van der Waals surface area (Å²) in [5.74, 6) is 0.740. The quantitative estimate of drug-likeness (QED) is 0.509. The molecule has 3 heterocycles. The molecule has 4 rings (SSSR count). The lowest BCUT2D eigenvalue weighted by Gasteiger charge is -2.08. The van der Waals surface area contributed by atoms with Crippen LogP contribution in [0.1, 0.15) is 22.2 Å². The summed E-state index contributed by atoms with van der Waals surface area (Å²) in [6, 6.07) is 13.4. The average Bonchev–Trinajstić information content (AvgIpc) is 3.31. The molecule has 5 nitrogen and oxygen atoms in total. The zero-order chi connectivity index (χ0) is 17.2. The van der Waals surface area contributed by atoms with Crippen LogP contribution in [0.4, 0.5) is 0 Å². The van der Waals surface area contributed by atoms with E-state index in [9.17, 15) is 4.79 Å². The van der Waals surface area contributed by atoms with E-state index in [1.165, 1.54) is 11.3 Å². The fourth-order valence-electron chi connectivity index (χ4n) is 2.72. The van der Waals surface area contributed by atoms with Gasteiger partial charge in [-0.25, -0.2) is 9.50 Å². The van der Waals surface area contributed by atoms with Gasteiger partial charge in [0.25, 0.3) is 0 Å². The summed E-state index contributed by atoms with van der Waals surface area (Å²) in [6.07, 6.45) is 3.28. The van der Waals surface area contributed by atoms with E-state index in [0.29, 0.717) is 22.7 Å². The second-order valence-electron chi connectivity index (χ2n) is 5.39. The van der Waals surface area contributed by atoms with Crippen molar-refractivity contribution in [3.8, 4) is 17.0 Å². The number of hydrogen-bond acceptors (Lipinski definition) is 5. The third-order valence-electron chi connectivity index (χ3n) is 3.83. The first-order chi connectivity index (χ1) is 12.3. The van der Waals surface area contributed by atoms with Gasteiger partial charge < -0.3 is 4.74 Å². The number of thiophene rings is 1. The first-order valence-corrected chi connectivity index (χ1v) is 8.80. The van der Waals surface area contributed by atoms with Gasteiger partial charge in [-0.2, -0.15) is 5.10 Å². The zero-order valence-electron chi connectivity index (χ0n) is 13.5. The molecule has 6 heteroatoms. The summed E-state index contributed by atoms with van der Waals surface area (Å²) in [5.41, 5.74) is 2.87. The van der Waals surface area contributed by atoms with Crippen LogP contribution >= 0.6 is 11.3 Å². The van der Waals surface area contributed by atoms with Crippen LogP contribution < -0.4 is 4.74 Å². The number of rotatable bonds is 5. The van der Waals surface area contributed by atoms with Crippen LogP contribution in [0.3, 0.4) is 0 Å². The van der Waals surface area contributed by atoms with Crippen molar-refractivity contribution in [1.82, 2.24) is 14.6 Å². The Bertz CT molecular complexity index is 1040. The molecule has 0 aliphatic carbocycles. The second-order valence-corrected chi connectivity index (χ2v) is 6.34. The number of hydrogen-bond donors (Lipinski definition) is 0. The molecule has 0 bridgehead atoms. The Kier molecular flexibility index (Phi) is 4.03. The zero-order valence-corrected chi connectivity index (χ0v) is 14.4. The maximum Gasteiger partial charge on any atom is 0.208 e. The molecule has 25 heavy (non-hydrogen) atoms. The van der Waals surface area contributed by atoms with Crippen molar-refractivity contribution in [1.29, 1.82) is 0 Å². The van der Waals surface area contributed by atoms with Crippen molar-refractivity contribution in [2.45, 2.75) is 6.92 Å². The van der Waals surface area contributed by atoms with Crippen LogP contribution in [0.5, 0.6) is 5.75 Å². The Morgan fingerprint density at radius 2 is 2.16 bits per heavy atom. The average molecular weight is 349 g/mol. The fraction of sp³-hybridized carbons (Fsp3) is 0.105. The number of fused-ring (bicyclic) bond motifs is 1. The van der Waals surface area contributed by atoms with Crippen molar-refractivity contribution in [3.05, 3.63) is 70.7 Å². The molecule has 124 valence electrons. The van der Waals surface area contributed by atoms with Crippen LogP contribution in [0.15, 0.2) is 60.2 Å². The Hall–Kier alpha value is -2.99. The molecule has 0 atom stereocenters. The van der Waals surface area contributed by atoms with Gasteiger partial charge in [-0.1, -0.05) is 18.2 Å². The normalized spacial score (nSPS) is 10.9. The lowest BCUT2D eigenvalue weighted by Crippen LogP contribution is -2.01. The molecule has 0 fully saturated rings. The lowest BCUT2D eigenvalue weighted by molar-refractivity contribution is 0.104. The van der Waals surface area contributed by atoms with Crippen LogP contribution in [-0.2, 0) is 0 Å². The molecule has 4 aromatic rings. The van der Waals surface area contributed by atoms with E-state index in [4.69, 9.17) is 4.74 Å². The molecule has 3 aromatic heterocycles. The van der Waals surface area contributed by atoms with Crippen molar-refractivity contribution >= 4 is 22.8 Å². The van der Waals surface area contributed by atoms with Gasteiger partial charge >= 0.3 is 0 Å². The molecule has 0 saturated carbocycles.